The van der Waals surface area contributed by atoms with Crippen LogP contribution in [-0.2, 0) is 4.79 Å². The van der Waals surface area contributed by atoms with Gasteiger partial charge in [0.1, 0.15) is 12.4 Å². The number of piperidine rings is 1. The summed E-state index contributed by atoms with van der Waals surface area (Å²) in [5, 5.41) is 3.28. The number of hydrogen-bond donors (Lipinski definition) is 1. The van der Waals surface area contributed by atoms with Gasteiger partial charge in [0.2, 0.25) is 5.91 Å². The minimum atomic E-state index is -0.00721. The number of benzene rings is 1. The van der Waals surface area contributed by atoms with Crippen LogP contribution in [0.2, 0.25) is 0 Å². The molecule has 0 radical (unpaired) electrons. The maximum atomic E-state index is 12.2. The summed E-state index contributed by atoms with van der Waals surface area (Å²) in [6.45, 7) is 4.12. The second-order valence-electron chi connectivity index (χ2n) is 5.38. The summed E-state index contributed by atoms with van der Waals surface area (Å²) in [5.74, 6) is 1.07. The van der Waals surface area contributed by atoms with Crippen LogP contribution in [-0.4, -0.2) is 43.6 Å². The molecule has 5 heteroatoms. The summed E-state index contributed by atoms with van der Waals surface area (Å²) >= 11 is 0. The van der Waals surface area contributed by atoms with Gasteiger partial charge >= 0.3 is 0 Å². The zero-order valence-electron chi connectivity index (χ0n) is 12.8. The number of para-hydroxylation sites is 1. The molecule has 1 N–H and O–H groups in total. The predicted octanol–water partition coefficient (Wildman–Crippen LogP) is 2.40. The average molecular weight is 313 g/mol. The van der Waals surface area contributed by atoms with Crippen LogP contribution in [0.3, 0.4) is 0 Å². The molecule has 1 aliphatic heterocycles. The van der Waals surface area contributed by atoms with Crippen LogP contribution in [0.5, 0.6) is 5.75 Å². The first kappa shape index (κ1) is 17.8. The van der Waals surface area contributed by atoms with E-state index in [9.17, 15) is 4.79 Å². The van der Waals surface area contributed by atoms with Crippen molar-refractivity contribution < 1.29 is 9.53 Å². The molecular formula is C16H25ClN2O2. The maximum absolute atomic E-state index is 12.2. The molecule has 21 heavy (non-hydrogen) atoms. The number of amides is 1. The summed E-state index contributed by atoms with van der Waals surface area (Å²) < 4.78 is 5.73. The first-order valence-corrected chi connectivity index (χ1v) is 7.35. The molecule has 1 atom stereocenters. The quantitative estimate of drug-likeness (QED) is 0.908. The number of likely N-dealkylation sites (N-methyl/N-ethyl adjacent to an activating group) is 1. The smallest absolute Gasteiger partial charge is 0.239 e. The molecule has 0 aliphatic carbocycles. The molecule has 4 nitrogen and oxygen atoms in total. The monoisotopic (exact) mass is 312 g/mol. The minimum absolute atomic E-state index is 0. The van der Waals surface area contributed by atoms with Gasteiger partial charge in [0.05, 0.1) is 12.6 Å². The van der Waals surface area contributed by atoms with Crippen LogP contribution in [0.1, 0.15) is 24.8 Å². The van der Waals surface area contributed by atoms with Gasteiger partial charge in [0.25, 0.3) is 0 Å². The van der Waals surface area contributed by atoms with Gasteiger partial charge in [-0.2, -0.15) is 0 Å². The van der Waals surface area contributed by atoms with Gasteiger partial charge in [-0.3, -0.25) is 4.79 Å². The van der Waals surface area contributed by atoms with Gasteiger partial charge in [-0.05, 0) is 37.9 Å². The normalized spacial score (nSPS) is 17.7. The van der Waals surface area contributed by atoms with Gasteiger partial charge in [0, 0.05) is 7.05 Å². The van der Waals surface area contributed by atoms with Crippen molar-refractivity contribution in [3.05, 3.63) is 29.8 Å². The summed E-state index contributed by atoms with van der Waals surface area (Å²) in [7, 11) is 1.85. The Morgan fingerprint density at radius 3 is 2.81 bits per heavy atom. The van der Waals surface area contributed by atoms with Crippen molar-refractivity contribution in [2.75, 3.05) is 26.7 Å². The molecule has 1 heterocycles. The Labute approximate surface area is 133 Å². The molecule has 1 aromatic rings. The number of carbonyl (C=O) groups is 1. The lowest BCUT2D eigenvalue weighted by atomic mass is 10.0. The highest BCUT2D eigenvalue weighted by atomic mass is 35.5. The van der Waals surface area contributed by atoms with E-state index in [4.69, 9.17) is 4.74 Å². The van der Waals surface area contributed by atoms with Crippen LogP contribution < -0.4 is 10.1 Å². The number of carbonyl (C=O) groups excluding carboxylic acids is 1. The van der Waals surface area contributed by atoms with E-state index in [0.717, 1.165) is 30.7 Å². The van der Waals surface area contributed by atoms with Crippen LogP contribution in [0.25, 0.3) is 0 Å². The third kappa shape index (κ3) is 5.21. The van der Waals surface area contributed by atoms with Crippen molar-refractivity contribution in [1.82, 2.24) is 10.2 Å². The maximum Gasteiger partial charge on any atom is 0.239 e. The Morgan fingerprint density at radius 1 is 1.38 bits per heavy atom. The van der Waals surface area contributed by atoms with Gasteiger partial charge < -0.3 is 15.0 Å². The predicted molar refractivity (Wildman–Crippen MR) is 87.2 cm³/mol. The lowest BCUT2D eigenvalue weighted by Crippen LogP contribution is -2.48. The number of halogens is 1. The van der Waals surface area contributed by atoms with E-state index in [-0.39, 0.29) is 24.4 Å². The first-order chi connectivity index (χ1) is 9.68. The Bertz CT molecular complexity index is 448. The molecule has 1 amide bonds. The summed E-state index contributed by atoms with van der Waals surface area (Å²) in [4.78, 5) is 14.0. The highest BCUT2D eigenvalue weighted by Crippen LogP contribution is 2.16. The highest BCUT2D eigenvalue weighted by molar-refractivity contribution is 5.85. The van der Waals surface area contributed by atoms with Crippen LogP contribution in [0, 0.1) is 6.92 Å². The molecule has 0 saturated carbocycles. The Balaban J connectivity index is 0.00000220. The Hall–Kier alpha value is -1.26. The Kier molecular flexibility index (Phi) is 7.54. The third-order valence-corrected chi connectivity index (χ3v) is 3.76. The van der Waals surface area contributed by atoms with Gasteiger partial charge in [0.15, 0.2) is 0 Å². The zero-order valence-corrected chi connectivity index (χ0v) is 13.6. The van der Waals surface area contributed by atoms with E-state index in [1.807, 2.05) is 38.2 Å². The van der Waals surface area contributed by atoms with Crippen molar-refractivity contribution in [2.45, 2.75) is 32.2 Å². The molecule has 1 aliphatic rings. The molecule has 2 rings (SSSR count). The van der Waals surface area contributed by atoms with E-state index in [2.05, 4.69) is 5.32 Å². The minimum Gasteiger partial charge on any atom is -0.491 e. The zero-order chi connectivity index (χ0) is 14.4. The standard InChI is InChI=1S/C16H24N2O2.ClH/c1-13-7-3-4-9-15(13)20-12-11-18(2)16(19)14-8-5-6-10-17-14;/h3-4,7,9,14,17H,5-6,8,10-12H2,1-2H3;1H/t14-;/m1./s1. The molecule has 0 bridgehead atoms. The van der Waals surface area contributed by atoms with E-state index in [1.54, 1.807) is 4.90 Å². The summed E-state index contributed by atoms with van der Waals surface area (Å²) in [6, 6.07) is 7.93. The molecule has 1 fully saturated rings. The van der Waals surface area contributed by atoms with E-state index < -0.39 is 0 Å². The first-order valence-electron chi connectivity index (χ1n) is 7.35. The molecule has 118 valence electrons. The van der Waals surface area contributed by atoms with E-state index >= 15 is 0 Å². The van der Waals surface area contributed by atoms with E-state index in [1.165, 1.54) is 6.42 Å². The summed E-state index contributed by atoms with van der Waals surface area (Å²) in [5.41, 5.74) is 1.12. The largest absolute Gasteiger partial charge is 0.491 e. The highest BCUT2D eigenvalue weighted by Gasteiger charge is 2.23. The second kappa shape index (κ2) is 8.90. The van der Waals surface area contributed by atoms with Crippen molar-refractivity contribution in [3.63, 3.8) is 0 Å². The van der Waals surface area contributed by atoms with E-state index in [0.29, 0.717) is 13.2 Å². The fraction of sp³-hybridized carbons (Fsp3) is 0.562. The second-order valence-corrected chi connectivity index (χ2v) is 5.38. The molecular weight excluding hydrogens is 288 g/mol. The molecule has 1 aromatic carbocycles. The number of hydrogen-bond acceptors (Lipinski definition) is 3. The molecule has 0 spiro atoms. The fourth-order valence-corrected chi connectivity index (χ4v) is 2.45. The lowest BCUT2D eigenvalue weighted by Gasteiger charge is -2.27. The fourth-order valence-electron chi connectivity index (χ4n) is 2.45. The van der Waals surface area contributed by atoms with Gasteiger partial charge in [-0.15, -0.1) is 12.4 Å². The topological polar surface area (TPSA) is 41.6 Å². The lowest BCUT2D eigenvalue weighted by molar-refractivity contribution is -0.133. The molecule has 1 saturated heterocycles. The third-order valence-electron chi connectivity index (χ3n) is 3.76. The van der Waals surface area contributed by atoms with Crippen molar-refractivity contribution in [3.8, 4) is 5.75 Å². The van der Waals surface area contributed by atoms with Crippen molar-refractivity contribution in [2.24, 2.45) is 0 Å². The number of ether oxygens (including phenoxy) is 1. The molecule has 0 unspecified atom stereocenters. The molecule has 0 aromatic heterocycles. The summed E-state index contributed by atoms with van der Waals surface area (Å²) in [6.07, 6.45) is 3.25. The average Bonchev–Trinajstić information content (AvgIpc) is 2.49. The van der Waals surface area contributed by atoms with Crippen LogP contribution in [0.4, 0.5) is 0 Å². The SMILES string of the molecule is Cc1ccccc1OCCN(C)C(=O)[C@H]1CCCCN1.Cl. The Morgan fingerprint density at radius 2 is 2.14 bits per heavy atom. The number of rotatable bonds is 5. The number of aryl methyl sites for hydroxylation is 1. The van der Waals surface area contributed by atoms with Gasteiger partial charge in [-0.25, -0.2) is 0 Å². The van der Waals surface area contributed by atoms with Gasteiger partial charge in [-0.1, -0.05) is 24.6 Å². The van der Waals surface area contributed by atoms with Crippen molar-refractivity contribution in [1.29, 1.82) is 0 Å². The number of nitrogens with zero attached hydrogens (tertiary/aromatic N) is 1. The van der Waals surface area contributed by atoms with Crippen molar-refractivity contribution >= 4 is 18.3 Å². The number of nitrogens with one attached hydrogen (secondary N) is 1. The van der Waals surface area contributed by atoms with Crippen LogP contribution in [0.15, 0.2) is 24.3 Å². The van der Waals surface area contributed by atoms with Crippen LogP contribution >= 0.6 is 12.4 Å².